The number of nitrogens with one attached hydrogen (secondary N) is 1. The van der Waals surface area contributed by atoms with Crippen LogP contribution in [0, 0.1) is 29.5 Å². The molecule has 2 aromatic carbocycles. The molecule has 0 radical (unpaired) electrons. The smallest absolute Gasteiger partial charge is 0.227 e. The van der Waals surface area contributed by atoms with Crippen LogP contribution in [0.5, 0.6) is 0 Å². The first-order chi connectivity index (χ1) is 14.0. The van der Waals surface area contributed by atoms with E-state index < -0.39 is 23.0 Å². The van der Waals surface area contributed by atoms with Crippen molar-refractivity contribution in [1.29, 1.82) is 0 Å². The predicted molar refractivity (Wildman–Crippen MR) is 108 cm³/mol. The van der Waals surface area contributed by atoms with E-state index in [1.54, 1.807) is 17.0 Å². The minimum Gasteiger partial charge on any atom is -0.593 e. The third kappa shape index (κ3) is 3.96. The lowest BCUT2D eigenvalue weighted by molar-refractivity contribution is -0.138. The van der Waals surface area contributed by atoms with Crippen LogP contribution in [0.2, 0.25) is 0 Å². The van der Waals surface area contributed by atoms with Crippen molar-refractivity contribution in [3.8, 4) is 23.1 Å². The zero-order valence-corrected chi connectivity index (χ0v) is 16.6. The molecule has 0 aromatic heterocycles. The average molecular weight is 414 g/mol. The maximum Gasteiger partial charge on any atom is 0.227 e. The molecule has 7 heteroatoms. The molecule has 2 fully saturated rings. The monoisotopic (exact) mass is 414 g/mol. The van der Waals surface area contributed by atoms with Gasteiger partial charge >= 0.3 is 0 Å². The minimum absolute atomic E-state index is 0.0157. The van der Waals surface area contributed by atoms with Gasteiger partial charge in [-0.1, -0.05) is 36.3 Å². The molecule has 4 rings (SSSR count). The fourth-order valence-corrected chi connectivity index (χ4v) is 4.02. The Balaban J connectivity index is 1.51. The third-order valence-corrected chi connectivity index (χ3v) is 5.83. The van der Waals surface area contributed by atoms with Crippen molar-refractivity contribution < 1.29 is 18.1 Å². The molecule has 150 valence electrons. The fourth-order valence-electron chi connectivity index (χ4n) is 3.81. The van der Waals surface area contributed by atoms with E-state index in [9.17, 15) is 18.1 Å². The molecule has 1 aliphatic carbocycles. The predicted octanol–water partition coefficient (Wildman–Crippen LogP) is 3.18. The quantitative estimate of drug-likeness (QED) is 0.475. The van der Waals surface area contributed by atoms with Crippen molar-refractivity contribution in [1.82, 2.24) is 9.62 Å². The van der Waals surface area contributed by atoms with Crippen LogP contribution in [0.15, 0.2) is 42.5 Å². The number of nitrogens with zero attached hydrogens (tertiary/aromatic N) is 1. The average Bonchev–Trinajstić information content (AvgIpc) is 3.45. The third-order valence-electron chi connectivity index (χ3n) is 5.44. The Hall–Kier alpha value is -2.56. The second kappa shape index (κ2) is 8.05. The molecule has 0 spiro atoms. The summed E-state index contributed by atoms with van der Waals surface area (Å²) >= 11 is -1.22. The van der Waals surface area contributed by atoms with Crippen LogP contribution in [0.3, 0.4) is 0 Å². The molecule has 1 heterocycles. The summed E-state index contributed by atoms with van der Waals surface area (Å²) in [6, 6.07) is 13.4. The summed E-state index contributed by atoms with van der Waals surface area (Å²) in [5, 5.41) is 0. The van der Waals surface area contributed by atoms with Gasteiger partial charge in [0, 0.05) is 12.5 Å². The van der Waals surface area contributed by atoms with Crippen LogP contribution in [0.25, 0.3) is 11.1 Å². The van der Waals surface area contributed by atoms with E-state index in [-0.39, 0.29) is 29.3 Å². The maximum atomic E-state index is 14.3. The highest BCUT2D eigenvalue weighted by Gasteiger charge is 2.49. The number of carbonyl (C=O) groups excluding carboxylic acids is 1. The summed E-state index contributed by atoms with van der Waals surface area (Å²) in [5.41, 5.74) is 1.24. The first-order valence-corrected chi connectivity index (χ1v) is 11.0. The van der Waals surface area contributed by atoms with Crippen molar-refractivity contribution in [2.45, 2.75) is 24.8 Å². The summed E-state index contributed by atoms with van der Waals surface area (Å²) in [6.07, 6.45) is 2.92. The Labute approximate surface area is 171 Å². The molecule has 1 saturated heterocycles. The maximum absolute atomic E-state index is 14.3. The lowest BCUT2D eigenvalue weighted by Gasteiger charge is -2.38. The van der Waals surface area contributed by atoms with Gasteiger partial charge in [0.15, 0.2) is 0 Å². The molecule has 2 aliphatic rings. The van der Waals surface area contributed by atoms with Gasteiger partial charge in [-0.3, -0.25) is 4.79 Å². The summed E-state index contributed by atoms with van der Waals surface area (Å²) in [5.74, 6) is 1.45. The molecular formula is C22H20F2N2O2S. The van der Waals surface area contributed by atoms with Gasteiger partial charge in [0.05, 0.1) is 29.0 Å². The van der Waals surface area contributed by atoms with Crippen molar-refractivity contribution in [2.75, 3.05) is 12.8 Å². The number of likely N-dealkylation sites (tertiary alicyclic amines) is 1. The Morgan fingerprint density at radius 1 is 1.21 bits per heavy atom. The van der Waals surface area contributed by atoms with E-state index in [4.69, 9.17) is 0 Å². The highest BCUT2D eigenvalue weighted by molar-refractivity contribution is 7.88. The van der Waals surface area contributed by atoms with Crippen molar-refractivity contribution in [3.63, 3.8) is 0 Å². The molecule has 1 unspecified atom stereocenters. The lowest BCUT2D eigenvalue weighted by atomic mass is 9.94. The zero-order chi connectivity index (χ0) is 20.5. The lowest BCUT2D eigenvalue weighted by Crippen LogP contribution is -2.51. The van der Waals surface area contributed by atoms with Gasteiger partial charge < -0.3 is 9.45 Å². The highest BCUT2D eigenvalue weighted by Crippen LogP contribution is 2.52. The topological polar surface area (TPSA) is 55.4 Å². The van der Waals surface area contributed by atoms with Gasteiger partial charge in [-0.05, 0) is 42.0 Å². The Kier molecular flexibility index (Phi) is 5.48. The number of rotatable bonds is 4. The van der Waals surface area contributed by atoms with Crippen molar-refractivity contribution in [3.05, 3.63) is 59.7 Å². The van der Waals surface area contributed by atoms with E-state index in [1.807, 2.05) is 12.1 Å². The number of carbonyl (C=O) groups is 1. The van der Waals surface area contributed by atoms with Gasteiger partial charge in [0.2, 0.25) is 5.91 Å². The summed E-state index contributed by atoms with van der Waals surface area (Å²) < 4.78 is 42.2. The summed E-state index contributed by atoms with van der Waals surface area (Å²) in [7, 11) is 0. The zero-order valence-electron chi connectivity index (χ0n) is 15.8. The van der Waals surface area contributed by atoms with E-state index in [0.29, 0.717) is 18.5 Å². The van der Waals surface area contributed by atoms with Crippen LogP contribution in [-0.2, 0) is 16.2 Å². The summed E-state index contributed by atoms with van der Waals surface area (Å²) in [6.45, 7) is 0.639. The second-order valence-electron chi connectivity index (χ2n) is 7.29. The molecule has 4 atom stereocenters. The van der Waals surface area contributed by atoms with Crippen molar-refractivity contribution >= 4 is 17.3 Å². The Morgan fingerprint density at radius 2 is 1.93 bits per heavy atom. The molecule has 0 bridgehead atoms. The largest absolute Gasteiger partial charge is 0.593 e. The van der Waals surface area contributed by atoms with Gasteiger partial charge in [0.25, 0.3) is 0 Å². The number of amides is 1. The van der Waals surface area contributed by atoms with Crippen LogP contribution < -0.4 is 4.72 Å². The molecule has 1 amide bonds. The van der Waals surface area contributed by atoms with E-state index >= 15 is 0 Å². The van der Waals surface area contributed by atoms with Crippen LogP contribution in [-0.4, -0.2) is 34.2 Å². The first-order valence-electron chi connectivity index (χ1n) is 9.40. The highest BCUT2D eigenvalue weighted by atomic mass is 32.2. The standard InChI is InChI=1S/C22H20F2N2O2S/c1-29(28)25-11-9-14-10-12-26(14)22(27)18-13-17(18)15-5-2-3-6-16(15)21-19(23)7-4-8-20(21)24/h2-8,14,17-18,25H,10,12-13H2,1H3/t14-,17-,18+,29?/m0/s1. The number of hydrogen-bond donors (Lipinski definition) is 1. The van der Waals surface area contributed by atoms with Crippen molar-refractivity contribution in [2.24, 2.45) is 5.92 Å². The van der Waals surface area contributed by atoms with Crippen LogP contribution >= 0.6 is 0 Å². The van der Waals surface area contributed by atoms with Gasteiger partial charge in [-0.15, -0.1) is 0 Å². The van der Waals surface area contributed by atoms with Crippen LogP contribution in [0.4, 0.5) is 8.78 Å². The fraction of sp³-hybridized carbons (Fsp3) is 0.318. The molecular weight excluding hydrogens is 394 g/mol. The molecule has 1 aliphatic heterocycles. The van der Waals surface area contributed by atoms with E-state index in [0.717, 1.165) is 12.0 Å². The number of halogens is 2. The van der Waals surface area contributed by atoms with Gasteiger partial charge in [0.1, 0.15) is 17.9 Å². The Bertz CT molecular complexity index is 982. The van der Waals surface area contributed by atoms with E-state index in [2.05, 4.69) is 16.7 Å². The molecule has 2 aromatic rings. The van der Waals surface area contributed by atoms with Gasteiger partial charge in [-0.2, -0.15) is 4.72 Å². The second-order valence-corrected chi connectivity index (χ2v) is 8.41. The summed E-state index contributed by atoms with van der Waals surface area (Å²) in [4.78, 5) is 14.6. The SMILES string of the molecule is C[S+]([O-])NC#C[C@H]1CCN1C(=O)[C@@H]1C[C@H]1c1ccccc1-c1c(F)cccc1F. The Morgan fingerprint density at radius 3 is 2.59 bits per heavy atom. The molecule has 1 N–H and O–H groups in total. The molecule has 29 heavy (non-hydrogen) atoms. The number of hydrogen-bond acceptors (Lipinski definition) is 3. The molecule has 1 saturated carbocycles. The first kappa shape index (κ1) is 19.7. The van der Waals surface area contributed by atoms with Gasteiger partial charge in [-0.25, -0.2) is 8.78 Å². The normalized spacial score (nSPS) is 23.4. The van der Waals surface area contributed by atoms with E-state index in [1.165, 1.54) is 24.5 Å². The number of benzene rings is 2. The van der Waals surface area contributed by atoms with Crippen LogP contribution in [0.1, 0.15) is 24.3 Å². The molecule has 4 nitrogen and oxygen atoms in total. The minimum atomic E-state index is -1.22.